The molecule has 1 aromatic rings. The summed E-state index contributed by atoms with van der Waals surface area (Å²) in [6, 6.07) is 9.91. The molecule has 2 N–H and O–H groups in total. The number of benzene rings is 1. The van der Waals surface area contributed by atoms with Gasteiger partial charge in [-0.2, -0.15) is 0 Å². The summed E-state index contributed by atoms with van der Waals surface area (Å²) in [6.45, 7) is 10.6. The number of carbonyl (C=O) groups is 1. The fourth-order valence-electron chi connectivity index (χ4n) is 2.81. The Labute approximate surface area is 128 Å². The molecule has 1 amide bonds. The molecule has 0 heterocycles. The Bertz CT molecular complexity index is 438. The molecule has 0 aromatic heterocycles. The Kier molecular flexibility index (Phi) is 6.41. The van der Waals surface area contributed by atoms with Crippen molar-refractivity contribution in [3.63, 3.8) is 0 Å². The van der Waals surface area contributed by atoms with Crippen LogP contribution in [0.2, 0.25) is 0 Å². The lowest BCUT2D eigenvalue weighted by Crippen LogP contribution is -2.39. The van der Waals surface area contributed by atoms with Crippen molar-refractivity contribution in [2.75, 3.05) is 6.54 Å². The SMILES string of the molecule is CC(O)CC(C)(C)CNC(=O)C(c1ccccc1)C(C)C. The van der Waals surface area contributed by atoms with Crippen molar-refractivity contribution in [3.8, 4) is 0 Å². The Hall–Kier alpha value is -1.35. The lowest BCUT2D eigenvalue weighted by molar-refractivity contribution is -0.124. The highest BCUT2D eigenvalue weighted by Crippen LogP contribution is 2.26. The summed E-state index contributed by atoms with van der Waals surface area (Å²) in [6.07, 6.45) is 0.317. The molecule has 3 heteroatoms. The van der Waals surface area contributed by atoms with E-state index in [0.717, 1.165) is 5.56 Å². The van der Waals surface area contributed by atoms with E-state index in [1.807, 2.05) is 30.3 Å². The zero-order valence-electron chi connectivity index (χ0n) is 13.9. The van der Waals surface area contributed by atoms with Gasteiger partial charge in [-0.15, -0.1) is 0 Å². The van der Waals surface area contributed by atoms with E-state index >= 15 is 0 Å². The third-order valence-corrected chi connectivity index (χ3v) is 3.70. The van der Waals surface area contributed by atoms with Crippen LogP contribution in [-0.2, 0) is 4.79 Å². The molecule has 0 aliphatic rings. The van der Waals surface area contributed by atoms with Crippen LogP contribution in [0.25, 0.3) is 0 Å². The van der Waals surface area contributed by atoms with E-state index in [0.29, 0.717) is 13.0 Å². The Morgan fingerprint density at radius 2 is 1.76 bits per heavy atom. The van der Waals surface area contributed by atoms with Crippen LogP contribution in [0.3, 0.4) is 0 Å². The van der Waals surface area contributed by atoms with E-state index in [2.05, 4.69) is 33.0 Å². The molecule has 21 heavy (non-hydrogen) atoms. The first-order valence-electron chi connectivity index (χ1n) is 7.73. The molecule has 3 nitrogen and oxygen atoms in total. The van der Waals surface area contributed by atoms with Crippen molar-refractivity contribution < 1.29 is 9.90 Å². The van der Waals surface area contributed by atoms with Crippen LogP contribution in [0.1, 0.15) is 52.5 Å². The van der Waals surface area contributed by atoms with Crippen LogP contribution in [0.5, 0.6) is 0 Å². The first-order valence-corrected chi connectivity index (χ1v) is 7.73. The molecule has 1 rings (SSSR count). The monoisotopic (exact) mass is 291 g/mol. The summed E-state index contributed by atoms with van der Waals surface area (Å²) in [4.78, 5) is 12.5. The van der Waals surface area contributed by atoms with Gasteiger partial charge in [-0.05, 0) is 30.2 Å². The summed E-state index contributed by atoms with van der Waals surface area (Å²) in [5, 5.41) is 12.6. The zero-order chi connectivity index (χ0) is 16.0. The smallest absolute Gasteiger partial charge is 0.227 e. The van der Waals surface area contributed by atoms with Crippen molar-refractivity contribution in [2.45, 2.75) is 53.1 Å². The molecule has 0 spiro atoms. The van der Waals surface area contributed by atoms with Gasteiger partial charge in [0.15, 0.2) is 0 Å². The number of aliphatic hydroxyl groups excluding tert-OH is 1. The van der Waals surface area contributed by atoms with Gasteiger partial charge in [0.2, 0.25) is 5.91 Å². The summed E-state index contributed by atoms with van der Waals surface area (Å²) in [7, 11) is 0. The van der Waals surface area contributed by atoms with E-state index in [1.54, 1.807) is 6.92 Å². The highest BCUT2D eigenvalue weighted by atomic mass is 16.3. The van der Waals surface area contributed by atoms with E-state index in [4.69, 9.17) is 0 Å². The molecule has 0 fully saturated rings. The largest absolute Gasteiger partial charge is 0.393 e. The van der Waals surface area contributed by atoms with Gasteiger partial charge < -0.3 is 10.4 Å². The fraction of sp³-hybridized carbons (Fsp3) is 0.611. The Morgan fingerprint density at radius 1 is 1.19 bits per heavy atom. The normalized spacial score (nSPS) is 14.8. The number of amides is 1. The molecule has 0 bridgehead atoms. The lowest BCUT2D eigenvalue weighted by Gasteiger charge is -2.28. The van der Waals surface area contributed by atoms with Crippen molar-refractivity contribution in [1.29, 1.82) is 0 Å². The van der Waals surface area contributed by atoms with Crippen LogP contribution in [0.15, 0.2) is 30.3 Å². The van der Waals surface area contributed by atoms with Crippen LogP contribution >= 0.6 is 0 Å². The minimum atomic E-state index is -0.355. The molecule has 2 unspecified atom stereocenters. The molecule has 1 aromatic carbocycles. The van der Waals surface area contributed by atoms with Crippen molar-refractivity contribution >= 4 is 5.91 Å². The summed E-state index contributed by atoms with van der Waals surface area (Å²) < 4.78 is 0. The number of rotatable bonds is 7. The van der Waals surface area contributed by atoms with Gasteiger partial charge in [-0.1, -0.05) is 58.0 Å². The quantitative estimate of drug-likeness (QED) is 0.809. The third-order valence-electron chi connectivity index (χ3n) is 3.70. The first-order chi connectivity index (χ1) is 9.73. The van der Waals surface area contributed by atoms with Gasteiger partial charge >= 0.3 is 0 Å². The first kappa shape index (κ1) is 17.7. The van der Waals surface area contributed by atoms with Crippen molar-refractivity contribution in [1.82, 2.24) is 5.32 Å². The molecular formula is C18H29NO2. The van der Waals surface area contributed by atoms with Gasteiger partial charge in [0.1, 0.15) is 0 Å². The minimum absolute atomic E-state index is 0.0647. The maximum absolute atomic E-state index is 12.5. The maximum Gasteiger partial charge on any atom is 0.227 e. The number of nitrogens with one attached hydrogen (secondary N) is 1. The molecule has 0 saturated heterocycles. The molecule has 0 radical (unpaired) electrons. The summed E-state index contributed by atoms with van der Waals surface area (Å²) in [5.74, 6) is 0.177. The minimum Gasteiger partial charge on any atom is -0.393 e. The van der Waals surface area contributed by atoms with Crippen LogP contribution < -0.4 is 5.32 Å². The van der Waals surface area contributed by atoms with E-state index < -0.39 is 0 Å². The highest BCUT2D eigenvalue weighted by molar-refractivity contribution is 5.83. The van der Waals surface area contributed by atoms with Crippen LogP contribution in [0.4, 0.5) is 0 Å². The lowest BCUT2D eigenvalue weighted by atomic mass is 9.85. The fourth-order valence-corrected chi connectivity index (χ4v) is 2.81. The topological polar surface area (TPSA) is 49.3 Å². The zero-order valence-corrected chi connectivity index (χ0v) is 13.9. The molecular weight excluding hydrogens is 262 g/mol. The van der Waals surface area contributed by atoms with Gasteiger partial charge in [-0.25, -0.2) is 0 Å². The average Bonchev–Trinajstić information content (AvgIpc) is 2.36. The maximum atomic E-state index is 12.5. The average molecular weight is 291 g/mol. The predicted octanol–water partition coefficient (Wildman–Crippen LogP) is 3.34. The molecule has 0 aliphatic carbocycles. The van der Waals surface area contributed by atoms with Crippen molar-refractivity contribution in [3.05, 3.63) is 35.9 Å². The van der Waals surface area contributed by atoms with Gasteiger partial charge in [0.25, 0.3) is 0 Å². The van der Waals surface area contributed by atoms with E-state index in [-0.39, 0.29) is 29.3 Å². The number of hydrogen-bond acceptors (Lipinski definition) is 2. The van der Waals surface area contributed by atoms with Gasteiger partial charge in [0.05, 0.1) is 12.0 Å². The Morgan fingerprint density at radius 3 is 2.24 bits per heavy atom. The van der Waals surface area contributed by atoms with Gasteiger partial charge in [0, 0.05) is 6.54 Å². The van der Waals surface area contributed by atoms with E-state index in [9.17, 15) is 9.90 Å². The second-order valence-electron chi connectivity index (χ2n) is 7.07. The van der Waals surface area contributed by atoms with Crippen molar-refractivity contribution in [2.24, 2.45) is 11.3 Å². The second kappa shape index (κ2) is 7.60. The van der Waals surface area contributed by atoms with Crippen LogP contribution in [0, 0.1) is 11.3 Å². The summed E-state index contributed by atoms with van der Waals surface area (Å²) in [5.41, 5.74) is 0.945. The molecule has 2 atom stereocenters. The second-order valence-corrected chi connectivity index (χ2v) is 7.07. The Balaban J connectivity index is 2.71. The highest BCUT2D eigenvalue weighted by Gasteiger charge is 2.26. The number of hydrogen-bond donors (Lipinski definition) is 2. The molecule has 0 aliphatic heterocycles. The predicted molar refractivity (Wildman–Crippen MR) is 87.1 cm³/mol. The molecule has 118 valence electrons. The van der Waals surface area contributed by atoms with Gasteiger partial charge in [-0.3, -0.25) is 4.79 Å². The number of aliphatic hydroxyl groups is 1. The molecule has 0 saturated carbocycles. The summed E-state index contributed by atoms with van der Waals surface area (Å²) >= 11 is 0. The standard InChI is InChI=1S/C18H29NO2/c1-13(2)16(15-9-7-6-8-10-15)17(21)19-12-18(4,5)11-14(3)20/h6-10,13-14,16,20H,11-12H2,1-5H3,(H,19,21). The number of carbonyl (C=O) groups excluding carboxylic acids is 1. The third kappa shape index (κ3) is 5.88. The van der Waals surface area contributed by atoms with Crippen LogP contribution in [-0.4, -0.2) is 23.7 Å². The van der Waals surface area contributed by atoms with E-state index in [1.165, 1.54) is 0 Å².